The molecule has 0 aromatic rings. The molecule has 0 spiro atoms. The Labute approximate surface area is 93.1 Å². The summed E-state index contributed by atoms with van der Waals surface area (Å²) in [5.41, 5.74) is 5.53. The molecule has 3 N–H and O–H groups in total. The maximum Gasteiger partial charge on any atom is 0.156 e. The van der Waals surface area contributed by atoms with Crippen molar-refractivity contribution < 1.29 is 5.21 Å². The molecule has 0 aromatic carbocycles. The smallest absolute Gasteiger partial charge is 0.156 e. The van der Waals surface area contributed by atoms with Crippen LogP contribution in [0.4, 0.5) is 0 Å². The van der Waals surface area contributed by atoms with Gasteiger partial charge in [0.25, 0.3) is 0 Å². The fourth-order valence-electron chi connectivity index (χ4n) is 1.47. The van der Waals surface area contributed by atoms with Crippen molar-refractivity contribution in [3.05, 3.63) is 0 Å². The minimum Gasteiger partial charge on any atom is -0.409 e. The fraction of sp³-hybridized carbons (Fsp3) is 0.909. The van der Waals surface area contributed by atoms with E-state index in [2.05, 4.69) is 17.0 Å². The standard InChI is InChI=1S/C11H25N3O/c1-4-5-6-7-8-9-14(3)10(2)11(12)13-15/h10,15H,4-9H2,1-3H3,(H2,12,13). The SMILES string of the molecule is CCCCCCCN(C)C(C)C(N)=NO. The monoisotopic (exact) mass is 215 g/mol. The average Bonchev–Trinajstić information content (AvgIpc) is 2.26. The van der Waals surface area contributed by atoms with Crippen molar-refractivity contribution in [3.63, 3.8) is 0 Å². The Bertz CT molecular complexity index is 183. The second-order valence-electron chi connectivity index (χ2n) is 4.10. The summed E-state index contributed by atoms with van der Waals surface area (Å²) >= 11 is 0. The maximum atomic E-state index is 8.53. The molecule has 0 bridgehead atoms. The Morgan fingerprint density at radius 3 is 2.47 bits per heavy atom. The third kappa shape index (κ3) is 6.33. The number of amidine groups is 1. The minimum absolute atomic E-state index is 0.0150. The fourth-order valence-corrected chi connectivity index (χ4v) is 1.47. The van der Waals surface area contributed by atoms with Gasteiger partial charge in [-0.25, -0.2) is 0 Å². The topological polar surface area (TPSA) is 61.8 Å². The molecule has 0 heterocycles. The number of nitrogens with two attached hydrogens (primary N) is 1. The zero-order chi connectivity index (χ0) is 11.7. The first-order chi connectivity index (χ1) is 7.13. The normalized spacial score (nSPS) is 14.5. The lowest BCUT2D eigenvalue weighted by Crippen LogP contribution is -2.40. The molecule has 0 saturated carbocycles. The molecule has 0 aliphatic rings. The van der Waals surface area contributed by atoms with Crippen molar-refractivity contribution in [3.8, 4) is 0 Å². The van der Waals surface area contributed by atoms with Crippen molar-refractivity contribution in [1.29, 1.82) is 0 Å². The molecule has 15 heavy (non-hydrogen) atoms. The summed E-state index contributed by atoms with van der Waals surface area (Å²) in [7, 11) is 2.00. The Morgan fingerprint density at radius 1 is 1.33 bits per heavy atom. The van der Waals surface area contributed by atoms with Gasteiger partial charge in [0.1, 0.15) is 0 Å². The number of hydrogen-bond acceptors (Lipinski definition) is 3. The number of hydrogen-bond donors (Lipinski definition) is 2. The van der Waals surface area contributed by atoms with Gasteiger partial charge in [0, 0.05) is 0 Å². The van der Waals surface area contributed by atoms with Crippen LogP contribution < -0.4 is 5.73 Å². The molecule has 0 aromatic heterocycles. The first-order valence-electron chi connectivity index (χ1n) is 5.81. The van der Waals surface area contributed by atoms with E-state index in [1.54, 1.807) is 0 Å². The summed E-state index contributed by atoms with van der Waals surface area (Å²) in [6.07, 6.45) is 6.35. The van der Waals surface area contributed by atoms with Crippen LogP contribution in [0, 0.1) is 0 Å². The lowest BCUT2D eigenvalue weighted by Gasteiger charge is -2.23. The van der Waals surface area contributed by atoms with Crippen LogP contribution in [0.25, 0.3) is 0 Å². The maximum absolute atomic E-state index is 8.53. The molecular weight excluding hydrogens is 190 g/mol. The van der Waals surface area contributed by atoms with E-state index in [1.165, 1.54) is 32.1 Å². The highest BCUT2D eigenvalue weighted by atomic mass is 16.4. The van der Waals surface area contributed by atoms with Gasteiger partial charge in [0.15, 0.2) is 5.84 Å². The lowest BCUT2D eigenvalue weighted by atomic mass is 10.1. The van der Waals surface area contributed by atoms with Gasteiger partial charge >= 0.3 is 0 Å². The molecule has 0 saturated heterocycles. The van der Waals surface area contributed by atoms with E-state index in [9.17, 15) is 0 Å². The van der Waals surface area contributed by atoms with E-state index in [1.807, 2.05) is 14.0 Å². The second-order valence-corrected chi connectivity index (χ2v) is 4.10. The van der Waals surface area contributed by atoms with E-state index >= 15 is 0 Å². The van der Waals surface area contributed by atoms with Crippen molar-refractivity contribution >= 4 is 5.84 Å². The number of nitrogens with zero attached hydrogens (tertiary/aromatic N) is 2. The molecule has 1 atom stereocenters. The van der Waals surface area contributed by atoms with Crippen molar-refractivity contribution in [2.24, 2.45) is 10.9 Å². The van der Waals surface area contributed by atoms with Crippen LogP contribution in [-0.2, 0) is 0 Å². The van der Waals surface area contributed by atoms with Gasteiger partial charge in [-0.1, -0.05) is 37.8 Å². The summed E-state index contributed by atoms with van der Waals surface area (Å²) in [5.74, 6) is 0.283. The molecule has 0 aliphatic carbocycles. The first kappa shape index (κ1) is 14.2. The summed E-state index contributed by atoms with van der Waals surface area (Å²) < 4.78 is 0. The third-order valence-corrected chi connectivity index (χ3v) is 2.82. The second kappa shape index (κ2) is 8.53. The molecular formula is C11H25N3O. The van der Waals surface area contributed by atoms with Crippen LogP contribution in [0.1, 0.15) is 46.0 Å². The van der Waals surface area contributed by atoms with Crippen molar-refractivity contribution in [2.75, 3.05) is 13.6 Å². The van der Waals surface area contributed by atoms with E-state index in [4.69, 9.17) is 10.9 Å². The van der Waals surface area contributed by atoms with Crippen LogP contribution in [0.3, 0.4) is 0 Å². The number of likely N-dealkylation sites (N-methyl/N-ethyl adjacent to an activating group) is 1. The Kier molecular flexibility index (Phi) is 8.09. The summed E-state index contributed by atoms with van der Waals surface area (Å²) in [5, 5.41) is 11.6. The van der Waals surface area contributed by atoms with Gasteiger partial charge in [-0.2, -0.15) is 0 Å². The van der Waals surface area contributed by atoms with Gasteiger partial charge in [-0.3, -0.25) is 4.90 Å². The van der Waals surface area contributed by atoms with Crippen molar-refractivity contribution in [1.82, 2.24) is 4.90 Å². The van der Waals surface area contributed by atoms with Crippen LogP contribution in [-0.4, -0.2) is 35.6 Å². The molecule has 0 fully saturated rings. The Hall–Kier alpha value is -0.770. The van der Waals surface area contributed by atoms with Gasteiger partial charge in [0.05, 0.1) is 6.04 Å². The molecule has 0 radical (unpaired) electrons. The molecule has 90 valence electrons. The number of unbranched alkanes of at least 4 members (excludes halogenated alkanes) is 4. The summed E-state index contributed by atoms with van der Waals surface area (Å²) in [6, 6.07) is 0.0150. The van der Waals surface area contributed by atoms with E-state index < -0.39 is 0 Å². The Morgan fingerprint density at radius 2 is 1.93 bits per heavy atom. The molecule has 4 heteroatoms. The van der Waals surface area contributed by atoms with Crippen LogP contribution >= 0.6 is 0 Å². The molecule has 0 aliphatic heterocycles. The molecule has 1 unspecified atom stereocenters. The van der Waals surface area contributed by atoms with Crippen LogP contribution in [0.5, 0.6) is 0 Å². The van der Waals surface area contributed by atoms with Crippen LogP contribution in [0.2, 0.25) is 0 Å². The Balaban J connectivity index is 3.60. The minimum atomic E-state index is 0.0150. The molecule has 0 amide bonds. The predicted molar refractivity (Wildman–Crippen MR) is 64.3 cm³/mol. The van der Waals surface area contributed by atoms with Gasteiger partial charge in [-0.05, 0) is 26.9 Å². The van der Waals surface area contributed by atoms with Crippen LogP contribution in [0.15, 0.2) is 5.16 Å². The van der Waals surface area contributed by atoms with Crippen molar-refractivity contribution in [2.45, 2.75) is 52.0 Å². The highest BCUT2D eigenvalue weighted by molar-refractivity contribution is 5.84. The summed E-state index contributed by atoms with van der Waals surface area (Å²) in [6.45, 7) is 5.16. The average molecular weight is 215 g/mol. The largest absolute Gasteiger partial charge is 0.409 e. The highest BCUT2D eigenvalue weighted by Gasteiger charge is 2.12. The zero-order valence-corrected chi connectivity index (χ0v) is 10.2. The lowest BCUT2D eigenvalue weighted by molar-refractivity contribution is 0.279. The number of oxime groups is 1. The van der Waals surface area contributed by atoms with E-state index in [0.29, 0.717) is 0 Å². The third-order valence-electron chi connectivity index (χ3n) is 2.82. The predicted octanol–water partition coefficient (Wildman–Crippen LogP) is 2.02. The van der Waals surface area contributed by atoms with E-state index in [0.717, 1.165) is 6.54 Å². The van der Waals surface area contributed by atoms with Gasteiger partial charge in [0.2, 0.25) is 0 Å². The first-order valence-corrected chi connectivity index (χ1v) is 5.81. The molecule has 4 nitrogen and oxygen atoms in total. The summed E-state index contributed by atoms with van der Waals surface area (Å²) in [4.78, 5) is 2.11. The quantitative estimate of drug-likeness (QED) is 0.214. The zero-order valence-electron chi connectivity index (χ0n) is 10.2. The van der Waals surface area contributed by atoms with Gasteiger partial charge in [-0.15, -0.1) is 0 Å². The van der Waals surface area contributed by atoms with E-state index in [-0.39, 0.29) is 11.9 Å². The molecule has 0 rings (SSSR count). The number of rotatable bonds is 8. The van der Waals surface area contributed by atoms with Gasteiger partial charge < -0.3 is 10.9 Å². The highest BCUT2D eigenvalue weighted by Crippen LogP contribution is 2.04.